The van der Waals surface area contributed by atoms with E-state index >= 15 is 0 Å². The van der Waals surface area contributed by atoms with E-state index < -0.39 is 20.8 Å². The van der Waals surface area contributed by atoms with E-state index in [4.69, 9.17) is 5.11 Å². The van der Waals surface area contributed by atoms with Crippen LogP contribution in [0.15, 0.2) is 29.2 Å². The Morgan fingerprint density at radius 2 is 2.00 bits per heavy atom. The van der Waals surface area contributed by atoms with Crippen molar-refractivity contribution in [3.05, 3.63) is 29.8 Å². The van der Waals surface area contributed by atoms with Gasteiger partial charge in [0.15, 0.2) is 0 Å². The minimum absolute atomic E-state index is 0.176. The Kier molecular flexibility index (Phi) is 4.94. The van der Waals surface area contributed by atoms with Crippen LogP contribution in [-0.2, 0) is 20.8 Å². The van der Waals surface area contributed by atoms with E-state index in [0.717, 1.165) is 0 Å². The van der Waals surface area contributed by atoms with Gasteiger partial charge in [0.2, 0.25) is 10.0 Å². The molecule has 0 atom stereocenters. The number of aliphatic hydroxyl groups is 1. The second-order valence-electron chi connectivity index (χ2n) is 4.24. The van der Waals surface area contributed by atoms with Crippen LogP contribution in [0, 0.1) is 11.8 Å². The first kappa shape index (κ1) is 15.2. The number of nitrogens with zero attached hydrogens (tertiary/aromatic N) is 1. The molecule has 0 aromatic heterocycles. The predicted octanol–water partition coefficient (Wildman–Crippen LogP) is -0.217. The van der Waals surface area contributed by atoms with Gasteiger partial charge < -0.3 is 5.11 Å². The summed E-state index contributed by atoms with van der Waals surface area (Å²) in [6, 6.07) is 6.32. The van der Waals surface area contributed by atoms with Crippen LogP contribution in [-0.4, -0.2) is 53.2 Å². The van der Waals surface area contributed by atoms with Gasteiger partial charge in [-0.15, -0.1) is 0 Å². The van der Waals surface area contributed by atoms with E-state index in [1.165, 1.54) is 16.4 Å². The average Bonchev–Trinajstić information content (AvgIpc) is 2.46. The minimum atomic E-state index is -3.56. The van der Waals surface area contributed by atoms with Gasteiger partial charge in [0.1, 0.15) is 6.61 Å². The van der Waals surface area contributed by atoms with E-state index in [1.807, 2.05) is 0 Å². The Labute approximate surface area is 121 Å². The van der Waals surface area contributed by atoms with Gasteiger partial charge in [-0.25, -0.2) is 8.42 Å². The van der Waals surface area contributed by atoms with Crippen molar-refractivity contribution in [1.82, 2.24) is 4.31 Å². The van der Waals surface area contributed by atoms with Crippen LogP contribution >= 0.6 is 0 Å². The van der Waals surface area contributed by atoms with Gasteiger partial charge in [-0.2, -0.15) is 4.31 Å². The van der Waals surface area contributed by atoms with Crippen molar-refractivity contribution in [1.29, 1.82) is 0 Å². The Bertz CT molecular complexity index is 663. The third-order valence-electron chi connectivity index (χ3n) is 2.92. The zero-order chi connectivity index (χ0) is 14.6. The smallest absolute Gasteiger partial charge is 0.243 e. The van der Waals surface area contributed by atoms with E-state index in [1.54, 1.807) is 12.1 Å². The standard InChI is InChI=1S/C13H15NO4S2/c15-8-2-4-12-3-1-5-13(11-12)20(17,18)14-6-9-19(16)10-7-14/h1,3,5,11,15H,6-10H2. The predicted molar refractivity (Wildman–Crippen MR) is 77.0 cm³/mol. The molecule has 0 aliphatic carbocycles. The van der Waals surface area contributed by atoms with Gasteiger partial charge in [0.25, 0.3) is 0 Å². The highest BCUT2D eigenvalue weighted by atomic mass is 32.2. The number of sulfonamides is 1. The van der Waals surface area contributed by atoms with Crippen molar-refractivity contribution < 1.29 is 17.7 Å². The Morgan fingerprint density at radius 1 is 1.30 bits per heavy atom. The Hall–Kier alpha value is -1.20. The first-order valence-corrected chi connectivity index (χ1v) is 9.02. The van der Waals surface area contributed by atoms with Crippen LogP contribution in [0.2, 0.25) is 0 Å². The van der Waals surface area contributed by atoms with E-state index in [0.29, 0.717) is 17.1 Å². The molecule has 0 saturated carbocycles. The van der Waals surface area contributed by atoms with Gasteiger partial charge in [-0.05, 0) is 18.2 Å². The molecule has 0 spiro atoms. The molecular weight excluding hydrogens is 298 g/mol. The molecule has 1 heterocycles. The molecule has 5 nitrogen and oxygen atoms in total. The fourth-order valence-corrected chi connectivity index (χ4v) is 4.66. The summed E-state index contributed by atoms with van der Waals surface area (Å²) in [6.45, 7) is 0.290. The third-order valence-corrected chi connectivity index (χ3v) is 6.09. The van der Waals surface area contributed by atoms with Crippen molar-refractivity contribution in [2.75, 3.05) is 31.2 Å². The molecule has 0 radical (unpaired) electrons. The number of hydrogen-bond donors (Lipinski definition) is 1. The van der Waals surface area contributed by atoms with Crippen LogP contribution in [0.5, 0.6) is 0 Å². The fraction of sp³-hybridized carbons (Fsp3) is 0.385. The van der Waals surface area contributed by atoms with Gasteiger partial charge in [0, 0.05) is 41.0 Å². The van der Waals surface area contributed by atoms with Crippen LogP contribution in [0.4, 0.5) is 0 Å². The van der Waals surface area contributed by atoms with E-state index in [-0.39, 0.29) is 24.6 Å². The Morgan fingerprint density at radius 3 is 2.65 bits per heavy atom. The molecule has 0 unspecified atom stereocenters. The second-order valence-corrected chi connectivity index (χ2v) is 7.87. The lowest BCUT2D eigenvalue weighted by Gasteiger charge is -2.25. The molecule has 108 valence electrons. The number of hydrogen-bond acceptors (Lipinski definition) is 4. The van der Waals surface area contributed by atoms with Gasteiger partial charge in [-0.1, -0.05) is 17.9 Å². The van der Waals surface area contributed by atoms with E-state index in [9.17, 15) is 12.6 Å². The SMILES string of the molecule is O=S1CCN(S(=O)(=O)c2cccc(C#CCO)c2)CC1. The zero-order valence-electron chi connectivity index (χ0n) is 10.8. The molecule has 2 rings (SSSR count). The maximum atomic E-state index is 12.4. The topological polar surface area (TPSA) is 74.7 Å². The quantitative estimate of drug-likeness (QED) is 0.766. The van der Waals surface area contributed by atoms with Crippen LogP contribution in [0.1, 0.15) is 5.56 Å². The minimum Gasteiger partial charge on any atom is -0.384 e. The molecule has 1 N–H and O–H groups in total. The molecule has 1 aliphatic rings. The highest BCUT2D eigenvalue weighted by molar-refractivity contribution is 7.89. The van der Waals surface area contributed by atoms with Crippen molar-refractivity contribution in [3.63, 3.8) is 0 Å². The summed E-state index contributed by atoms with van der Waals surface area (Å²) in [5.41, 5.74) is 0.542. The van der Waals surface area contributed by atoms with Gasteiger partial charge >= 0.3 is 0 Å². The summed E-state index contributed by atoms with van der Waals surface area (Å²) >= 11 is 0. The highest BCUT2D eigenvalue weighted by Gasteiger charge is 2.27. The molecule has 1 aliphatic heterocycles. The lowest BCUT2D eigenvalue weighted by molar-refractivity contribution is 0.350. The summed E-state index contributed by atoms with van der Waals surface area (Å²) < 4.78 is 37.5. The lowest BCUT2D eigenvalue weighted by Crippen LogP contribution is -2.41. The molecule has 20 heavy (non-hydrogen) atoms. The van der Waals surface area contributed by atoms with Crippen molar-refractivity contribution in [2.24, 2.45) is 0 Å². The summed E-state index contributed by atoms with van der Waals surface area (Å²) in [7, 11) is -4.48. The fourth-order valence-electron chi connectivity index (χ4n) is 1.89. The third kappa shape index (κ3) is 3.46. The van der Waals surface area contributed by atoms with Gasteiger partial charge in [0.05, 0.1) is 4.90 Å². The van der Waals surface area contributed by atoms with Crippen molar-refractivity contribution in [2.45, 2.75) is 4.90 Å². The molecule has 7 heteroatoms. The average molecular weight is 313 g/mol. The van der Waals surface area contributed by atoms with Gasteiger partial charge in [-0.3, -0.25) is 4.21 Å². The Balaban J connectivity index is 2.27. The zero-order valence-corrected chi connectivity index (χ0v) is 12.4. The summed E-state index contributed by atoms with van der Waals surface area (Å²) in [6.07, 6.45) is 0. The second kappa shape index (κ2) is 6.50. The molecule has 0 amide bonds. The van der Waals surface area contributed by atoms with Crippen LogP contribution in [0.3, 0.4) is 0 Å². The molecule has 1 aromatic rings. The monoisotopic (exact) mass is 313 g/mol. The summed E-state index contributed by atoms with van der Waals surface area (Å²) in [4.78, 5) is 0.176. The first-order chi connectivity index (χ1) is 9.54. The molecule has 1 aromatic carbocycles. The highest BCUT2D eigenvalue weighted by Crippen LogP contribution is 2.18. The largest absolute Gasteiger partial charge is 0.384 e. The normalized spacial score (nSPS) is 17.4. The van der Waals surface area contributed by atoms with Crippen LogP contribution in [0.25, 0.3) is 0 Å². The van der Waals surface area contributed by atoms with Crippen LogP contribution < -0.4 is 0 Å². The van der Waals surface area contributed by atoms with E-state index in [2.05, 4.69) is 11.8 Å². The molecular formula is C13H15NO4S2. The maximum Gasteiger partial charge on any atom is 0.243 e. The number of rotatable bonds is 2. The maximum absolute atomic E-state index is 12.4. The lowest BCUT2D eigenvalue weighted by atomic mass is 10.2. The number of aliphatic hydroxyl groups excluding tert-OH is 1. The number of benzene rings is 1. The summed E-state index contributed by atoms with van der Waals surface area (Å²) in [5.74, 6) is 5.93. The molecule has 1 saturated heterocycles. The first-order valence-electron chi connectivity index (χ1n) is 6.09. The summed E-state index contributed by atoms with van der Waals surface area (Å²) in [5, 5.41) is 8.66. The molecule has 0 bridgehead atoms. The molecule has 1 fully saturated rings. The van der Waals surface area contributed by atoms with Crippen molar-refractivity contribution in [3.8, 4) is 11.8 Å². The van der Waals surface area contributed by atoms with Crippen molar-refractivity contribution >= 4 is 20.8 Å².